The Morgan fingerprint density at radius 2 is 1.03 bits per heavy atom. The van der Waals surface area contributed by atoms with Crippen molar-refractivity contribution in [3.8, 4) is 11.5 Å². The van der Waals surface area contributed by atoms with E-state index in [1.165, 1.54) is 34.9 Å². The van der Waals surface area contributed by atoms with Gasteiger partial charge in [0.1, 0.15) is 11.5 Å². The monoisotopic (exact) mass is 1020 g/mol. The number of primary sulfonamides is 1. The molecule has 0 unspecified atom stereocenters. The average molecular weight is 1030 g/mol. The van der Waals surface area contributed by atoms with Crippen molar-refractivity contribution in [3.63, 3.8) is 0 Å². The molecule has 3 N–H and O–H groups in total. The van der Waals surface area contributed by atoms with Crippen LogP contribution in [0.5, 0.6) is 11.5 Å². The van der Waals surface area contributed by atoms with Crippen molar-refractivity contribution in [1.29, 1.82) is 0 Å². The molecule has 1 amide bonds. The molecule has 7 rings (SSSR count). The fourth-order valence-electron chi connectivity index (χ4n) is 6.40. The van der Waals surface area contributed by atoms with Crippen molar-refractivity contribution in [1.82, 2.24) is 0 Å². The number of hydrogen-bond acceptors (Lipinski definition) is 5. The molecule has 0 heterocycles. The first kappa shape index (κ1) is 56.6. The molecule has 7 aromatic rings. The summed E-state index contributed by atoms with van der Waals surface area (Å²) in [7, 11) is -3.79. The summed E-state index contributed by atoms with van der Waals surface area (Å²) < 4.78 is 28.7. The number of hydrogen-bond donors (Lipinski definition) is 2. The third-order valence-corrected chi connectivity index (χ3v) is 10.6. The fraction of sp³-hybridized carbons (Fsp3) is 0.154. The first-order valence-corrected chi connectivity index (χ1v) is 22.4. The standard InChI is InChI=1S/C22H21ClN2O4S.C15H13ClO.C9H12.C6H4Cl.BrH.Mg/c1-14-9-16(12-19(10-14)29-18-5-3-17(23)4-6-18)13-22(26)25-21-8-7-20(11-15(21)2)30(24,27)28;1-10-7-11(2)9-13(8-10)15(17)12-3-5-14(16)6-4-12;1-7-4-8(2)6-9(3)5-7;7-6-4-2-1-3-5-6;;/h3-12H,13H2,1-2H3,(H,25,26)(H2,24,27,28);3-9H,1-2H3;4-6H,1-3H3;2-5H;1H;/q;;;-1;;+2/p-1. The number of nitrogens with two attached hydrogens (primary N) is 1. The van der Waals surface area contributed by atoms with Crippen LogP contribution in [0.1, 0.15) is 60.4 Å². The van der Waals surface area contributed by atoms with Gasteiger partial charge >= 0.3 is 23.1 Å². The zero-order chi connectivity index (χ0) is 46.3. The summed E-state index contributed by atoms with van der Waals surface area (Å²) in [5.74, 6) is 1.07. The Morgan fingerprint density at radius 3 is 1.49 bits per heavy atom. The molecule has 0 aliphatic rings. The molecule has 0 aliphatic heterocycles. The Labute approximate surface area is 425 Å². The Kier molecular flexibility index (Phi) is 23.7. The third kappa shape index (κ3) is 20.3. The SMILES string of the molecule is Cc1cc(C)cc(C(=O)c2ccc(Cl)cc2)c1.Cc1cc(C)cc(C)c1.Cc1cc(CC(=O)Nc2ccc(S(N)(=O)=O)cc2C)cc(Oc2ccc(Cl)cc2)c1.Clc1cc[c-]cc1.[Br-].[Mg+2]. The number of benzene rings is 7. The number of halogens is 4. The summed E-state index contributed by atoms with van der Waals surface area (Å²) in [6, 6.07) is 46.3. The van der Waals surface area contributed by atoms with Crippen molar-refractivity contribution in [2.24, 2.45) is 5.14 Å². The minimum atomic E-state index is -3.79. The van der Waals surface area contributed by atoms with Crippen LogP contribution in [0.4, 0.5) is 5.69 Å². The van der Waals surface area contributed by atoms with E-state index in [1.54, 1.807) is 85.8 Å². The minimum Gasteiger partial charge on any atom is -1.00 e. The second-order valence-electron chi connectivity index (χ2n) is 15.1. The fourth-order valence-corrected chi connectivity index (χ4v) is 7.38. The maximum atomic E-state index is 12.5. The molecular weight excluding hydrogens is 975 g/mol. The summed E-state index contributed by atoms with van der Waals surface area (Å²) >= 11 is 17.2. The van der Waals surface area contributed by atoms with Gasteiger partial charge in [0.15, 0.2) is 5.78 Å². The van der Waals surface area contributed by atoms with Crippen LogP contribution in [0.2, 0.25) is 15.1 Å². The molecule has 0 aromatic heterocycles. The summed E-state index contributed by atoms with van der Waals surface area (Å²) in [5, 5.41) is 9.96. The van der Waals surface area contributed by atoms with Gasteiger partial charge in [0, 0.05) is 26.9 Å². The number of sulfonamides is 1. The number of carbonyl (C=O) groups is 2. The molecule has 7 aromatic carbocycles. The van der Waals surface area contributed by atoms with Crippen LogP contribution >= 0.6 is 34.8 Å². The second-order valence-corrected chi connectivity index (χ2v) is 17.9. The molecule has 7 nitrogen and oxygen atoms in total. The predicted molar refractivity (Wildman–Crippen MR) is 265 cm³/mol. The average Bonchev–Trinajstić information content (AvgIpc) is 3.19. The van der Waals surface area contributed by atoms with Crippen LogP contribution in [-0.4, -0.2) is 43.2 Å². The van der Waals surface area contributed by atoms with Gasteiger partial charge in [-0.15, -0.1) is 11.6 Å². The normalized spacial score (nSPS) is 10.1. The van der Waals surface area contributed by atoms with Gasteiger partial charge in [0.05, 0.1) is 11.3 Å². The Morgan fingerprint density at radius 1 is 0.569 bits per heavy atom. The molecule has 13 heteroatoms. The molecule has 0 atom stereocenters. The Hall–Kier alpha value is -4.49. The van der Waals surface area contributed by atoms with Crippen molar-refractivity contribution in [2.45, 2.75) is 59.8 Å². The van der Waals surface area contributed by atoms with Crippen LogP contribution in [0.25, 0.3) is 0 Å². The molecule has 334 valence electrons. The van der Waals surface area contributed by atoms with E-state index in [2.05, 4.69) is 56.4 Å². The van der Waals surface area contributed by atoms with Crippen LogP contribution in [0, 0.1) is 54.5 Å². The zero-order valence-electron chi connectivity index (χ0n) is 37.3. The van der Waals surface area contributed by atoms with Gasteiger partial charge in [0.25, 0.3) is 0 Å². The topological polar surface area (TPSA) is 116 Å². The van der Waals surface area contributed by atoms with Crippen molar-refractivity contribution >= 4 is 85.3 Å². The molecule has 0 fully saturated rings. The third-order valence-electron chi connectivity index (χ3n) is 8.96. The second kappa shape index (κ2) is 27.2. The smallest absolute Gasteiger partial charge is 1.00 e. The summed E-state index contributed by atoms with van der Waals surface area (Å²) in [5.41, 5.74) is 10.5. The van der Waals surface area contributed by atoms with Gasteiger partial charge < -0.3 is 27.0 Å². The first-order valence-electron chi connectivity index (χ1n) is 19.8. The van der Waals surface area contributed by atoms with Crippen molar-refractivity contribution in [3.05, 3.63) is 222 Å². The van der Waals surface area contributed by atoms with Gasteiger partial charge in [-0.25, -0.2) is 13.6 Å². The van der Waals surface area contributed by atoms with Gasteiger partial charge in [-0.1, -0.05) is 86.4 Å². The molecule has 0 spiro atoms. The van der Waals surface area contributed by atoms with Crippen molar-refractivity contribution in [2.75, 3.05) is 5.32 Å². The number of rotatable bonds is 8. The van der Waals surface area contributed by atoms with Crippen LogP contribution in [0.3, 0.4) is 0 Å². The number of ether oxygens (including phenoxy) is 1. The summed E-state index contributed by atoms with van der Waals surface area (Å²) in [4.78, 5) is 24.7. The van der Waals surface area contributed by atoms with Gasteiger partial charge in [0.2, 0.25) is 15.9 Å². The largest absolute Gasteiger partial charge is 2.00 e. The number of carbonyl (C=O) groups excluding carboxylic acids is 2. The Bertz CT molecular complexity index is 2700. The van der Waals surface area contributed by atoms with E-state index in [-0.39, 0.29) is 63.0 Å². The summed E-state index contributed by atoms with van der Waals surface area (Å²) in [6.07, 6.45) is 0.134. The van der Waals surface area contributed by atoms with Gasteiger partial charge in [-0.3, -0.25) is 9.59 Å². The summed E-state index contributed by atoms with van der Waals surface area (Å²) in [6.45, 7) is 14.0. The van der Waals surface area contributed by atoms with Gasteiger partial charge in [-0.2, -0.15) is 30.3 Å². The molecule has 65 heavy (non-hydrogen) atoms. The Balaban J connectivity index is 0.000000346. The number of aryl methyl sites for hydroxylation is 7. The van der Waals surface area contributed by atoms with E-state index < -0.39 is 10.0 Å². The first-order chi connectivity index (χ1) is 29.7. The minimum absolute atomic E-state index is 0. The van der Waals surface area contributed by atoms with Crippen LogP contribution in [0.15, 0.2) is 150 Å². The predicted octanol–water partition coefficient (Wildman–Crippen LogP) is 10.1. The van der Waals surface area contributed by atoms with Gasteiger partial charge in [-0.05, 0) is 156 Å². The van der Waals surface area contributed by atoms with E-state index >= 15 is 0 Å². The van der Waals surface area contributed by atoms with E-state index in [4.69, 9.17) is 44.7 Å². The number of amides is 1. The number of ketones is 1. The molecule has 0 saturated heterocycles. The molecule has 0 saturated carbocycles. The van der Waals surface area contributed by atoms with E-state index in [9.17, 15) is 18.0 Å². The van der Waals surface area contributed by atoms with Crippen LogP contribution in [-0.2, 0) is 21.2 Å². The molecule has 0 bridgehead atoms. The van der Waals surface area contributed by atoms with Crippen LogP contribution < -0.4 is 32.2 Å². The quantitative estimate of drug-likeness (QED) is 0.0894. The van der Waals surface area contributed by atoms with E-state index in [0.717, 1.165) is 32.8 Å². The molecule has 0 radical (unpaired) electrons. The van der Waals surface area contributed by atoms with E-state index in [1.807, 2.05) is 45.0 Å². The number of anilines is 1. The van der Waals surface area contributed by atoms with Crippen molar-refractivity contribution < 1.29 is 39.7 Å². The molecule has 0 aliphatic carbocycles. The molecular formula is C52H50BrCl3MgN2O5S. The maximum Gasteiger partial charge on any atom is 2.00 e. The zero-order valence-corrected chi connectivity index (χ0v) is 43.4. The number of nitrogens with one attached hydrogen (secondary N) is 1. The maximum absolute atomic E-state index is 12.5. The van der Waals surface area contributed by atoms with E-state index in [0.29, 0.717) is 38.4 Å².